The molecular formula is C57H34N6S. The van der Waals surface area contributed by atoms with Crippen LogP contribution in [-0.4, -0.2) is 28.7 Å². The van der Waals surface area contributed by atoms with Gasteiger partial charge in [0.2, 0.25) is 5.95 Å². The number of hydrogen-bond donors (Lipinski definition) is 0. The molecule has 64 heavy (non-hydrogen) atoms. The number of hydrogen-bond acceptors (Lipinski definition) is 4. The Balaban J connectivity index is 1.12. The average molecular weight is 835 g/mol. The lowest BCUT2D eigenvalue weighted by Crippen LogP contribution is -2.07. The van der Waals surface area contributed by atoms with Crippen molar-refractivity contribution >= 4 is 96.9 Å². The van der Waals surface area contributed by atoms with Gasteiger partial charge >= 0.3 is 0 Å². The molecule has 5 heterocycles. The van der Waals surface area contributed by atoms with Crippen molar-refractivity contribution in [3.05, 3.63) is 206 Å². The average Bonchev–Trinajstić information content (AvgIpc) is 4.10. The summed E-state index contributed by atoms with van der Waals surface area (Å²) in [5.74, 6) is 1.79. The van der Waals surface area contributed by atoms with Crippen LogP contribution < -0.4 is 0 Å². The van der Waals surface area contributed by atoms with Crippen LogP contribution in [0.2, 0.25) is 0 Å². The van der Waals surface area contributed by atoms with Crippen molar-refractivity contribution < 1.29 is 0 Å². The molecule has 0 atom stereocenters. The van der Waals surface area contributed by atoms with Crippen LogP contribution in [0.3, 0.4) is 0 Å². The van der Waals surface area contributed by atoms with Gasteiger partial charge in [-0.05, 0) is 60.7 Å². The summed E-state index contributed by atoms with van der Waals surface area (Å²) < 4.78 is 9.55. The summed E-state index contributed by atoms with van der Waals surface area (Å²) in [6.07, 6.45) is 0. The number of para-hydroxylation sites is 4. The van der Waals surface area contributed by atoms with Crippen molar-refractivity contribution in [2.45, 2.75) is 0 Å². The molecule has 6 nitrogen and oxygen atoms in total. The molecule has 0 saturated carbocycles. The second kappa shape index (κ2) is 13.6. The minimum absolute atomic E-state index is 0.558. The van der Waals surface area contributed by atoms with Crippen molar-refractivity contribution in [3.63, 3.8) is 0 Å². The van der Waals surface area contributed by atoms with Gasteiger partial charge in [-0.3, -0.25) is 4.57 Å². The molecule has 0 N–H and O–H groups in total. The molecule has 298 valence electrons. The molecule has 0 fully saturated rings. The van der Waals surface area contributed by atoms with E-state index in [0.717, 1.165) is 60.7 Å². The fraction of sp³-hybridized carbons (Fsp3) is 0. The highest BCUT2D eigenvalue weighted by molar-refractivity contribution is 7.25. The van der Waals surface area contributed by atoms with Crippen LogP contribution in [-0.2, 0) is 0 Å². The molecule has 0 aliphatic carbocycles. The molecule has 14 aromatic rings. The van der Waals surface area contributed by atoms with E-state index in [1.807, 2.05) is 18.2 Å². The highest BCUT2D eigenvalue weighted by Gasteiger charge is 2.25. The Morgan fingerprint density at radius 1 is 0.297 bits per heavy atom. The van der Waals surface area contributed by atoms with E-state index in [-0.39, 0.29) is 0 Å². The molecule has 0 bridgehead atoms. The molecule has 0 amide bonds. The zero-order chi connectivity index (χ0) is 41.9. The third-order valence-corrected chi connectivity index (χ3v) is 14.0. The Morgan fingerprint density at radius 3 is 1.53 bits per heavy atom. The summed E-state index contributed by atoms with van der Waals surface area (Å²) in [4.78, 5) is 16.1. The molecule has 0 saturated heterocycles. The zero-order valence-electron chi connectivity index (χ0n) is 34.2. The smallest absolute Gasteiger partial charge is 0.238 e. The number of thiophene rings is 1. The van der Waals surface area contributed by atoms with Crippen molar-refractivity contribution in [2.75, 3.05) is 0 Å². The van der Waals surface area contributed by atoms with Crippen molar-refractivity contribution in [3.8, 4) is 40.1 Å². The molecule has 5 aromatic heterocycles. The molecule has 0 spiro atoms. The van der Waals surface area contributed by atoms with Crippen molar-refractivity contribution in [2.24, 2.45) is 0 Å². The number of rotatable bonds is 5. The molecule has 0 aliphatic heterocycles. The third-order valence-electron chi connectivity index (χ3n) is 12.9. The van der Waals surface area contributed by atoms with Gasteiger partial charge in [0.1, 0.15) is 0 Å². The molecule has 0 unspecified atom stereocenters. The van der Waals surface area contributed by atoms with Gasteiger partial charge in [-0.15, -0.1) is 11.3 Å². The predicted molar refractivity (Wildman–Crippen MR) is 267 cm³/mol. The van der Waals surface area contributed by atoms with E-state index >= 15 is 0 Å². The quantitative estimate of drug-likeness (QED) is 0.174. The van der Waals surface area contributed by atoms with E-state index in [1.54, 1.807) is 11.3 Å². The Morgan fingerprint density at radius 2 is 0.812 bits per heavy atom. The first-order valence-electron chi connectivity index (χ1n) is 21.5. The topological polar surface area (TPSA) is 53.5 Å². The molecular weight excluding hydrogens is 801 g/mol. The maximum absolute atomic E-state index is 5.48. The van der Waals surface area contributed by atoms with Crippen molar-refractivity contribution in [1.29, 1.82) is 0 Å². The standard InChI is InChI=1S/C57H34N6S/c1-3-15-35(16-4-1)55-58-56(36-27-29-43-42-22-10-14-26-51(42)64-52(43)33-36)60-57(59-55)63-50-32-28-38(61-47-23-11-7-19-39(47)40-20-8-12-24-48(40)61)34-46(50)45-31-30-44-41-21-9-13-25-49(41)62(53(44)54(45)63)37-17-5-2-6-18-37/h1-34H. The molecule has 7 heteroatoms. The Labute approximate surface area is 370 Å². The SMILES string of the molecule is c1ccc(-c2nc(-c3ccc4c(c3)sc3ccccc34)nc(-n3c4ccc(-n5c6ccccc6c6ccccc65)cc4c4ccc5c6ccccc6n(-c6ccccc6)c5c43)n2)cc1. The summed E-state index contributed by atoms with van der Waals surface area (Å²) >= 11 is 1.80. The lowest BCUT2D eigenvalue weighted by Gasteiger charge is -2.13. The summed E-state index contributed by atoms with van der Waals surface area (Å²) in [5.41, 5.74) is 10.6. The van der Waals surface area contributed by atoms with E-state index in [4.69, 9.17) is 15.0 Å². The first kappa shape index (κ1) is 35.2. The third kappa shape index (κ3) is 5.10. The van der Waals surface area contributed by atoms with Gasteiger partial charge in [0, 0.05) is 75.0 Å². The fourth-order valence-electron chi connectivity index (χ4n) is 10.1. The van der Waals surface area contributed by atoms with Gasteiger partial charge in [0.15, 0.2) is 11.6 Å². The summed E-state index contributed by atoms with van der Waals surface area (Å²) in [7, 11) is 0. The van der Waals surface area contributed by atoms with Gasteiger partial charge in [-0.1, -0.05) is 146 Å². The van der Waals surface area contributed by atoms with Crippen LogP contribution in [0.15, 0.2) is 206 Å². The van der Waals surface area contributed by atoms with E-state index < -0.39 is 0 Å². The fourth-order valence-corrected chi connectivity index (χ4v) is 11.3. The molecule has 0 radical (unpaired) electrons. The summed E-state index contributed by atoms with van der Waals surface area (Å²) in [6.45, 7) is 0. The number of fused-ring (bicyclic) bond motifs is 13. The summed E-state index contributed by atoms with van der Waals surface area (Å²) in [6, 6.07) is 73.7. The van der Waals surface area contributed by atoms with Crippen LogP contribution >= 0.6 is 11.3 Å². The minimum atomic E-state index is 0.558. The van der Waals surface area contributed by atoms with Crippen LogP contribution in [0.4, 0.5) is 0 Å². The molecule has 0 aliphatic rings. The van der Waals surface area contributed by atoms with E-state index in [9.17, 15) is 0 Å². The van der Waals surface area contributed by atoms with Crippen LogP contribution in [0.25, 0.3) is 126 Å². The van der Waals surface area contributed by atoms with Crippen molar-refractivity contribution in [1.82, 2.24) is 28.7 Å². The van der Waals surface area contributed by atoms with Gasteiger partial charge in [0.25, 0.3) is 0 Å². The predicted octanol–water partition coefficient (Wildman–Crippen LogP) is 14.9. The lowest BCUT2D eigenvalue weighted by molar-refractivity contribution is 0.953. The second-order valence-electron chi connectivity index (χ2n) is 16.4. The molecule has 9 aromatic carbocycles. The maximum Gasteiger partial charge on any atom is 0.238 e. The number of aromatic nitrogens is 6. The normalized spacial score (nSPS) is 12.1. The first-order valence-corrected chi connectivity index (χ1v) is 22.3. The highest BCUT2D eigenvalue weighted by atomic mass is 32.1. The number of benzene rings is 9. The first-order chi connectivity index (χ1) is 31.7. The van der Waals surface area contributed by atoms with Crippen LogP contribution in [0.1, 0.15) is 0 Å². The highest BCUT2D eigenvalue weighted by Crippen LogP contribution is 2.43. The maximum atomic E-state index is 5.48. The monoisotopic (exact) mass is 834 g/mol. The largest absolute Gasteiger partial charge is 0.309 e. The van der Waals surface area contributed by atoms with Gasteiger partial charge in [-0.2, -0.15) is 9.97 Å². The Kier molecular flexibility index (Phi) is 7.46. The van der Waals surface area contributed by atoms with Gasteiger partial charge in [-0.25, -0.2) is 4.98 Å². The van der Waals surface area contributed by atoms with Gasteiger partial charge < -0.3 is 9.13 Å². The Bertz CT molecular complexity index is 4140. The van der Waals surface area contributed by atoms with E-state index in [1.165, 1.54) is 47.4 Å². The second-order valence-corrected chi connectivity index (χ2v) is 17.5. The summed E-state index contributed by atoms with van der Waals surface area (Å²) in [5, 5.41) is 9.52. The van der Waals surface area contributed by atoms with Crippen LogP contribution in [0, 0.1) is 0 Å². The van der Waals surface area contributed by atoms with E-state index in [0.29, 0.717) is 17.6 Å². The van der Waals surface area contributed by atoms with Gasteiger partial charge in [0.05, 0.1) is 33.1 Å². The molecule has 14 rings (SSSR count). The Hall–Kier alpha value is -8.39. The van der Waals surface area contributed by atoms with Crippen LogP contribution in [0.5, 0.6) is 0 Å². The zero-order valence-corrected chi connectivity index (χ0v) is 35.0. The van der Waals surface area contributed by atoms with E-state index in [2.05, 4.69) is 202 Å². The lowest BCUT2D eigenvalue weighted by atomic mass is 10.1. The number of nitrogens with zero attached hydrogens (tertiary/aromatic N) is 6. The minimum Gasteiger partial charge on any atom is -0.309 e.